The summed E-state index contributed by atoms with van der Waals surface area (Å²) in [5.41, 5.74) is 2.74. The Bertz CT molecular complexity index is 744. The predicted molar refractivity (Wildman–Crippen MR) is 94.6 cm³/mol. The summed E-state index contributed by atoms with van der Waals surface area (Å²) in [7, 11) is 1.33. The average Bonchev–Trinajstić information content (AvgIpc) is 2.95. The smallest absolute Gasteiger partial charge is 0.350 e. The predicted octanol–water partition coefficient (Wildman–Crippen LogP) is 2.08. The quantitative estimate of drug-likeness (QED) is 0.831. The highest BCUT2D eigenvalue weighted by molar-refractivity contribution is 7.12. The Balaban J connectivity index is 1.72. The van der Waals surface area contributed by atoms with Gasteiger partial charge in [-0.2, -0.15) is 0 Å². The Morgan fingerprint density at radius 1 is 1.33 bits per heavy atom. The zero-order valence-electron chi connectivity index (χ0n) is 13.4. The maximum absolute atomic E-state index is 12.4. The number of hydrogen-bond acceptors (Lipinski definition) is 6. The highest BCUT2D eigenvalue weighted by Gasteiger charge is 2.19. The SMILES string of the molecule is COC(=O)c1sccc1NC(=O)CN1CCNCc2ccccc21. The largest absolute Gasteiger partial charge is 0.465 e. The second-order valence-corrected chi connectivity index (χ2v) is 6.35. The van der Waals surface area contributed by atoms with E-state index in [9.17, 15) is 9.59 Å². The second-order valence-electron chi connectivity index (χ2n) is 5.43. The molecule has 126 valence electrons. The van der Waals surface area contributed by atoms with E-state index in [-0.39, 0.29) is 12.5 Å². The summed E-state index contributed by atoms with van der Waals surface area (Å²) in [5, 5.41) is 7.92. The minimum Gasteiger partial charge on any atom is -0.465 e. The van der Waals surface area contributed by atoms with Gasteiger partial charge in [0.15, 0.2) is 0 Å². The van der Waals surface area contributed by atoms with Crippen molar-refractivity contribution in [1.82, 2.24) is 5.32 Å². The molecule has 1 aromatic heterocycles. The topological polar surface area (TPSA) is 70.7 Å². The number of nitrogens with zero attached hydrogens (tertiary/aromatic N) is 1. The molecule has 2 N–H and O–H groups in total. The van der Waals surface area contributed by atoms with Crippen LogP contribution in [0.5, 0.6) is 0 Å². The lowest BCUT2D eigenvalue weighted by Gasteiger charge is -2.23. The van der Waals surface area contributed by atoms with Crippen LogP contribution in [0.15, 0.2) is 35.7 Å². The molecule has 0 fully saturated rings. The molecule has 0 unspecified atom stereocenters. The fraction of sp³-hybridized carbons (Fsp3) is 0.294. The van der Waals surface area contributed by atoms with Crippen molar-refractivity contribution in [3.8, 4) is 0 Å². The van der Waals surface area contributed by atoms with E-state index in [1.807, 2.05) is 18.2 Å². The summed E-state index contributed by atoms with van der Waals surface area (Å²) in [5.74, 6) is -0.597. The lowest BCUT2D eigenvalue weighted by Crippen LogP contribution is -2.36. The number of fused-ring (bicyclic) bond motifs is 1. The van der Waals surface area contributed by atoms with Gasteiger partial charge in [0.25, 0.3) is 0 Å². The van der Waals surface area contributed by atoms with Crippen LogP contribution in [0.1, 0.15) is 15.2 Å². The van der Waals surface area contributed by atoms with Crippen LogP contribution < -0.4 is 15.5 Å². The number of ether oxygens (including phenoxy) is 1. The molecule has 0 radical (unpaired) electrons. The lowest BCUT2D eigenvalue weighted by atomic mass is 10.1. The highest BCUT2D eigenvalue weighted by Crippen LogP contribution is 2.24. The van der Waals surface area contributed by atoms with Gasteiger partial charge in [-0.3, -0.25) is 4.79 Å². The molecule has 0 spiro atoms. The summed E-state index contributed by atoms with van der Waals surface area (Å²) < 4.78 is 4.73. The third-order valence-corrected chi connectivity index (χ3v) is 4.75. The second kappa shape index (κ2) is 7.46. The van der Waals surface area contributed by atoms with Crippen LogP contribution >= 0.6 is 11.3 Å². The van der Waals surface area contributed by atoms with Gasteiger partial charge in [-0.1, -0.05) is 18.2 Å². The molecule has 6 nitrogen and oxygen atoms in total. The van der Waals surface area contributed by atoms with E-state index in [2.05, 4.69) is 21.6 Å². The summed E-state index contributed by atoms with van der Waals surface area (Å²) in [6.07, 6.45) is 0. The molecule has 1 amide bonds. The minimum absolute atomic E-state index is 0.157. The first-order chi connectivity index (χ1) is 11.7. The maximum Gasteiger partial charge on any atom is 0.350 e. The summed E-state index contributed by atoms with van der Waals surface area (Å²) in [6.45, 7) is 2.59. The van der Waals surface area contributed by atoms with Crippen molar-refractivity contribution in [3.63, 3.8) is 0 Å². The van der Waals surface area contributed by atoms with Crippen LogP contribution in [0.2, 0.25) is 0 Å². The van der Waals surface area contributed by atoms with E-state index in [0.29, 0.717) is 10.6 Å². The van der Waals surface area contributed by atoms with Crippen molar-refractivity contribution in [1.29, 1.82) is 0 Å². The lowest BCUT2D eigenvalue weighted by molar-refractivity contribution is -0.115. The average molecular weight is 345 g/mol. The van der Waals surface area contributed by atoms with Crippen molar-refractivity contribution >= 4 is 34.6 Å². The Kier molecular flexibility index (Phi) is 5.12. The van der Waals surface area contributed by atoms with Crippen molar-refractivity contribution < 1.29 is 14.3 Å². The van der Waals surface area contributed by atoms with E-state index in [1.165, 1.54) is 24.0 Å². The summed E-state index contributed by atoms with van der Waals surface area (Å²) >= 11 is 1.25. The van der Waals surface area contributed by atoms with E-state index in [1.54, 1.807) is 11.4 Å². The highest BCUT2D eigenvalue weighted by atomic mass is 32.1. The fourth-order valence-electron chi connectivity index (χ4n) is 2.71. The molecule has 1 aliphatic rings. The minimum atomic E-state index is -0.440. The van der Waals surface area contributed by atoms with Crippen LogP contribution in [0.4, 0.5) is 11.4 Å². The number of nitrogens with one attached hydrogen (secondary N) is 2. The van der Waals surface area contributed by atoms with E-state index in [4.69, 9.17) is 4.74 Å². The Morgan fingerprint density at radius 3 is 3.00 bits per heavy atom. The number of amides is 1. The zero-order valence-corrected chi connectivity index (χ0v) is 14.2. The Morgan fingerprint density at radius 2 is 2.17 bits per heavy atom. The number of esters is 1. The van der Waals surface area contributed by atoms with Gasteiger partial charge in [0.1, 0.15) is 4.88 Å². The number of methoxy groups -OCH3 is 1. The van der Waals surface area contributed by atoms with Gasteiger partial charge in [0, 0.05) is 25.3 Å². The number of anilines is 2. The van der Waals surface area contributed by atoms with Gasteiger partial charge in [-0.05, 0) is 23.1 Å². The van der Waals surface area contributed by atoms with Crippen molar-refractivity contribution in [2.45, 2.75) is 6.54 Å². The summed E-state index contributed by atoms with van der Waals surface area (Å²) in [4.78, 5) is 26.6. The summed E-state index contributed by atoms with van der Waals surface area (Å²) in [6, 6.07) is 9.78. The molecule has 0 bridgehead atoms. The molecule has 1 aromatic carbocycles. The number of carbonyl (C=O) groups is 2. The standard InChI is InChI=1S/C17H19N3O3S/c1-23-17(22)16-13(6-9-24-16)19-15(21)11-20-8-7-18-10-12-4-2-3-5-14(12)20/h2-6,9,18H,7-8,10-11H2,1H3,(H,19,21). The number of para-hydroxylation sites is 1. The first-order valence-electron chi connectivity index (χ1n) is 7.68. The van der Waals surface area contributed by atoms with Gasteiger partial charge < -0.3 is 20.3 Å². The number of rotatable bonds is 4. The number of benzene rings is 1. The van der Waals surface area contributed by atoms with Gasteiger partial charge in [-0.25, -0.2) is 4.79 Å². The monoisotopic (exact) mass is 345 g/mol. The normalized spacial score (nSPS) is 13.8. The molecule has 0 saturated carbocycles. The molecule has 2 heterocycles. The number of carbonyl (C=O) groups excluding carboxylic acids is 2. The zero-order chi connectivity index (χ0) is 16.9. The third kappa shape index (κ3) is 3.58. The number of hydrogen-bond donors (Lipinski definition) is 2. The molecule has 7 heteroatoms. The van der Waals surface area contributed by atoms with Crippen LogP contribution in [0, 0.1) is 0 Å². The first kappa shape index (κ1) is 16.5. The third-order valence-electron chi connectivity index (χ3n) is 3.85. The molecule has 0 aliphatic carbocycles. The van der Waals surface area contributed by atoms with Gasteiger partial charge in [0.2, 0.25) is 5.91 Å². The molecule has 3 rings (SSSR count). The molecule has 2 aromatic rings. The van der Waals surface area contributed by atoms with Crippen molar-refractivity contribution in [2.24, 2.45) is 0 Å². The van der Waals surface area contributed by atoms with E-state index < -0.39 is 5.97 Å². The van der Waals surface area contributed by atoms with Crippen molar-refractivity contribution in [3.05, 3.63) is 46.2 Å². The number of thiophene rings is 1. The molecule has 0 atom stereocenters. The van der Waals surface area contributed by atoms with Crippen LogP contribution in [-0.4, -0.2) is 38.6 Å². The maximum atomic E-state index is 12.4. The van der Waals surface area contributed by atoms with Crippen LogP contribution in [-0.2, 0) is 16.1 Å². The van der Waals surface area contributed by atoms with Crippen LogP contribution in [0.3, 0.4) is 0 Å². The molecule has 1 aliphatic heterocycles. The van der Waals surface area contributed by atoms with Gasteiger partial charge in [0.05, 0.1) is 19.3 Å². The molecular formula is C17H19N3O3S. The van der Waals surface area contributed by atoms with Gasteiger partial charge in [-0.15, -0.1) is 11.3 Å². The molecule has 0 saturated heterocycles. The van der Waals surface area contributed by atoms with Crippen molar-refractivity contribution in [2.75, 3.05) is 37.0 Å². The van der Waals surface area contributed by atoms with E-state index >= 15 is 0 Å². The fourth-order valence-corrected chi connectivity index (χ4v) is 3.48. The molecule has 24 heavy (non-hydrogen) atoms. The van der Waals surface area contributed by atoms with E-state index in [0.717, 1.165) is 25.3 Å². The first-order valence-corrected chi connectivity index (χ1v) is 8.56. The Hall–Kier alpha value is -2.38. The van der Waals surface area contributed by atoms with Gasteiger partial charge >= 0.3 is 5.97 Å². The molecular weight excluding hydrogens is 326 g/mol. The Labute approximate surface area is 144 Å². The van der Waals surface area contributed by atoms with Crippen LogP contribution in [0.25, 0.3) is 0 Å².